The van der Waals surface area contributed by atoms with Crippen LogP contribution in [0.2, 0.25) is 0 Å². The third-order valence-electron chi connectivity index (χ3n) is 2.69. The Morgan fingerprint density at radius 2 is 2.10 bits per heavy atom. The molecule has 0 atom stereocenters. The fourth-order valence-electron chi connectivity index (χ4n) is 1.85. The molecular formula is C15H19N3O2. The molecule has 2 aromatic rings. The van der Waals surface area contributed by atoms with E-state index in [9.17, 15) is 4.79 Å². The number of amides is 1. The van der Waals surface area contributed by atoms with Crippen molar-refractivity contribution in [3.8, 4) is 0 Å². The smallest absolute Gasteiger partial charge is 0.253 e. The van der Waals surface area contributed by atoms with Crippen molar-refractivity contribution in [2.24, 2.45) is 0 Å². The molecular weight excluding hydrogens is 254 g/mol. The molecule has 0 aliphatic heterocycles. The number of aryl methyl sites for hydroxylation is 1. The largest absolute Gasteiger partial charge is 0.444 e. The lowest BCUT2D eigenvalue weighted by Gasteiger charge is -2.14. The highest BCUT2D eigenvalue weighted by Crippen LogP contribution is 2.16. The number of anilines is 1. The van der Waals surface area contributed by atoms with Crippen molar-refractivity contribution < 1.29 is 9.21 Å². The summed E-state index contributed by atoms with van der Waals surface area (Å²) in [4.78, 5) is 16.3. The van der Waals surface area contributed by atoms with Gasteiger partial charge in [-0.3, -0.25) is 4.79 Å². The molecule has 1 amide bonds. The zero-order valence-corrected chi connectivity index (χ0v) is 11.9. The van der Waals surface area contributed by atoms with Gasteiger partial charge in [-0.15, -0.1) is 0 Å². The summed E-state index contributed by atoms with van der Waals surface area (Å²) < 4.78 is 5.32. The maximum atomic E-state index is 12.2. The van der Waals surface area contributed by atoms with Gasteiger partial charge < -0.3 is 15.1 Å². The van der Waals surface area contributed by atoms with Crippen molar-refractivity contribution in [3.63, 3.8) is 0 Å². The average molecular weight is 273 g/mol. The summed E-state index contributed by atoms with van der Waals surface area (Å²) >= 11 is 0. The zero-order chi connectivity index (χ0) is 14.5. The van der Waals surface area contributed by atoms with Crippen molar-refractivity contribution in [2.75, 3.05) is 5.32 Å². The maximum Gasteiger partial charge on any atom is 0.253 e. The molecule has 0 radical (unpaired) electrons. The molecule has 1 aromatic heterocycles. The monoisotopic (exact) mass is 273 g/mol. The summed E-state index contributed by atoms with van der Waals surface area (Å²) in [7, 11) is 0. The first kappa shape index (κ1) is 14.1. The molecule has 0 unspecified atom stereocenters. The molecule has 0 bridgehead atoms. The van der Waals surface area contributed by atoms with Gasteiger partial charge in [-0.1, -0.05) is 12.1 Å². The Kier molecular flexibility index (Phi) is 4.40. The normalized spacial score (nSPS) is 10.6. The second kappa shape index (κ2) is 6.23. The van der Waals surface area contributed by atoms with Crippen LogP contribution in [0.5, 0.6) is 0 Å². The Morgan fingerprint density at radius 1 is 1.35 bits per heavy atom. The standard InChI is InChI=1S/C15H19N3O2/c1-10(2)18-13-7-5-4-6-12(13)15(19)17-9-14-16-8-11(3)20-14/h4-8,10,18H,9H2,1-3H3,(H,17,19). The molecule has 106 valence electrons. The first-order valence-corrected chi connectivity index (χ1v) is 6.61. The van der Waals surface area contributed by atoms with E-state index in [0.717, 1.165) is 11.4 Å². The van der Waals surface area contributed by atoms with Crippen LogP contribution in [-0.4, -0.2) is 16.9 Å². The Morgan fingerprint density at radius 3 is 2.75 bits per heavy atom. The fraction of sp³-hybridized carbons (Fsp3) is 0.333. The molecule has 5 heteroatoms. The van der Waals surface area contributed by atoms with Crippen LogP contribution in [-0.2, 0) is 6.54 Å². The molecule has 2 N–H and O–H groups in total. The first-order valence-electron chi connectivity index (χ1n) is 6.61. The van der Waals surface area contributed by atoms with Crippen molar-refractivity contribution in [3.05, 3.63) is 47.7 Å². The lowest BCUT2D eigenvalue weighted by atomic mass is 10.1. The van der Waals surface area contributed by atoms with E-state index in [1.165, 1.54) is 0 Å². The lowest BCUT2D eigenvalue weighted by molar-refractivity contribution is 0.0948. The van der Waals surface area contributed by atoms with E-state index in [2.05, 4.69) is 15.6 Å². The van der Waals surface area contributed by atoms with E-state index in [0.29, 0.717) is 11.5 Å². The Balaban J connectivity index is 2.05. The molecule has 0 fully saturated rings. The number of hydrogen-bond donors (Lipinski definition) is 2. The zero-order valence-electron chi connectivity index (χ0n) is 11.9. The van der Waals surface area contributed by atoms with Gasteiger partial charge in [-0.2, -0.15) is 0 Å². The molecule has 1 heterocycles. The van der Waals surface area contributed by atoms with Crippen LogP contribution in [0.3, 0.4) is 0 Å². The van der Waals surface area contributed by atoms with Gasteiger partial charge in [0.1, 0.15) is 5.76 Å². The summed E-state index contributed by atoms with van der Waals surface area (Å²) in [6.07, 6.45) is 1.63. The lowest BCUT2D eigenvalue weighted by Crippen LogP contribution is -2.24. The molecule has 0 spiro atoms. The molecule has 0 saturated heterocycles. The fourth-order valence-corrected chi connectivity index (χ4v) is 1.85. The summed E-state index contributed by atoms with van der Waals surface area (Å²) in [5.74, 6) is 1.09. The van der Waals surface area contributed by atoms with E-state index < -0.39 is 0 Å². The average Bonchev–Trinajstić information content (AvgIpc) is 2.82. The van der Waals surface area contributed by atoms with E-state index >= 15 is 0 Å². The number of nitrogens with one attached hydrogen (secondary N) is 2. The highest BCUT2D eigenvalue weighted by molar-refractivity contribution is 5.99. The van der Waals surface area contributed by atoms with E-state index in [1.54, 1.807) is 12.3 Å². The summed E-state index contributed by atoms with van der Waals surface area (Å²) in [5.41, 5.74) is 1.44. The van der Waals surface area contributed by atoms with Crippen LogP contribution >= 0.6 is 0 Å². The van der Waals surface area contributed by atoms with Gasteiger partial charge in [0.25, 0.3) is 5.91 Å². The van der Waals surface area contributed by atoms with Crippen molar-refractivity contribution >= 4 is 11.6 Å². The maximum absolute atomic E-state index is 12.2. The van der Waals surface area contributed by atoms with Crippen LogP contribution < -0.4 is 10.6 Å². The van der Waals surface area contributed by atoms with E-state index in [1.807, 2.05) is 39.0 Å². The molecule has 5 nitrogen and oxygen atoms in total. The van der Waals surface area contributed by atoms with Crippen LogP contribution in [0.4, 0.5) is 5.69 Å². The topological polar surface area (TPSA) is 67.2 Å². The van der Waals surface area contributed by atoms with E-state index in [-0.39, 0.29) is 18.5 Å². The van der Waals surface area contributed by atoms with Gasteiger partial charge in [0, 0.05) is 11.7 Å². The summed E-state index contributed by atoms with van der Waals surface area (Å²) in [6, 6.07) is 7.69. The van der Waals surface area contributed by atoms with Gasteiger partial charge in [0.15, 0.2) is 0 Å². The summed E-state index contributed by atoms with van der Waals surface area (Å²) in [5, 5.41) is 6.06. The second-order valence-corrected chi connectivity index (χ2v) is 4.89. The van der Waals surface area contributed by atoms with Crippen LogP contribution in [0.1, 0.15) is 35.9 Å². The van der Waals surface area contributed by atoms with E-state index in [4.69, 9.17) is 4.42 Å². The molecule has 0 aliphatic rings. The van der Waals surface area contributed by atoms with Gasteiger partial charge in [0.2, 0.25) is 5.89 Å². The SMILES string of the molecule is Cc1cnc(CNC(=O)c2ccccc2NC(C)C)o1. The minimum absolute atomic E-state index is 0.149. The molecule has 1 aromatic carbocycles. The quantitative estimate of drug-likeness (QED) is 0.879. The van der Waals surface area contributed by atoms with Gasteiger partial charge in [-0.05, 0) is 32.9 Å². The number of para-hydroxylation sites is 1. The molecule has 0 saturated carbocycles. The first-order chi connectivity index (χ1) is 9.56. The number of aromatic nitrogens is 1. The van der Waals surface area contributed by atoms with Gasteiger partial charge in [-0.25, -0.2) is 4.98 Å². The van der Waals surface area contributed by atoms with Crippen molar-refractivity contribution in [2.45, 2.75) is 33.4 Å². The molecule has 2 rings (SSSR count). The summed E-state index contributed by atoms with van der Waals surface area (Å²) in [6.45, 7) is 6.16. The Labute approximate surface area is 118 Å². The molecule has 0 aliphatic carbocycles. The number of carbonyl (C=O) groups excluding carboxylic acids is 1. The number of nitrogens with zero attached hydrogens (tertiary/aromatic N) is 1. The van der Waals surface area contributed by atoms with Gasteiger partial charge >= 0.3 is 0 Å². The predicted octanol–water partition coefficient (Wildman–Crippen LogP) is 2.73. The highest BCUT2D eigenvalue weighted by atomic mass is 16.4. The van der Waals surface area contributed by atoms with Crippen LogP contribution in [0.15, 0.2) is 34.9 Å². The third kappa shape index (κ3) is 3.60. The minimum atomic E-state index is -0.149. The highest BCUT2D eigenvalue weighted by Gasteiger charge is 2.12. The predicted molar refractivity (Wildman–Crippen MR) is 77.6 cm³/mol. The Hall–Kier alpha value is -2.30. The number of rotatable bonds is 5. The van der Waals surface area contributed by atoms with Crippen molar-refractivity contribution in [1.29, 1.82) is 0 Å². The number of hydrogen-bond acceptors (Lipinski definition) is 4. The van der Waals surface area contributed by atoms with Crippen LogP contribution in [0.25, 0.3) is 0 Å². The molecule has 20 heavy (non-hydrogen) atoms. The number of benzene rings is 1. The number of oxazole rings is 1. The Bertz CT molecular complexity index is 590. The second-order valence-electron chi connectivity index (χ2n) is 4.89. The number of carbonyl (C=O) groups is 1. The minimum Gasteiger partial charge on any atom is -0.444 e. The van der Waals surface area contributed by atoms with Crippen LogP contribution in [0, 0.1) is 6.92 Å². The third-order valence-corrected chi connectivity index (χ3v) is 2.69. The van der Waals surface area contributed by atoms with Crippen molar-refractivity contribution in [1.82, 2.24) is 10.3 Å². The van der Waals surface area contributed by atoms with Gasteiger partial charge in [0.05, 0.1) is 18.3 Å².